The highest BCUT2D eigenvalue weighted by Gasteiger charge is 2.20. The van der Waals surface area contributed by atoms with E-state index in [4.69, 9.17) is 4.42 Å². The van der Waals surface area contributed by atoms with Crippen molar-refractivity contribution >= 4 is 15.9 Å². The third-order valence-corrected chi connectivity index (χ3v) is 3.61. The third kappa shape index (κ3) is 2.28. The maximum atomic E-state index is 5.83. The Kier molecular flexibility index (Phi) is 2.99. The van der Waals surface area contributed by atoms with Gasteiger partial charge in [0, 0.05) is 22.5 Å². The predicted octanol–water partition coefficient (Wildman–Crippen LogP) is 3.18. The van der Waals surface area contributed by atoms with Crippen molar-refractivity contribution in [3.8, 4) is 11.5 Å². The molecule has 0 saturated carbocycles. The lowest BCUT2D eigenvalue weighted by Crippen LogP contribution is -2.07. The Balaban J connectivity index is 1.86. The first-order valence-corrected chi connectivity index (χ1v) is 6.54. The maximum absolute atomic E-state index is 5.83. The van der Waals surface area contributed by atoms with Gasteiger partial charge in [-0.2, -0.15) is 0 Å². The minimum absolute atomic E-state index is 0.478. The van der Waals surface area contributed by atoms with Crippen LogP contribution in [0.2, 0.25) is 0 Å². The summed E-state index contributed by atoms with van der Waals surface area (Å²) >= 11 is 3.42. The first-order valence-electron chi connectivity index (χ1n) is 5.75. The van der Waals surface area contributed by atoms with Crippen LogP contribution in [0, 0.1) is 0 Å². The Labute approximate surface area is 108 Å². The quantitative estimate of drug-likeness (QED) is 0.924. The lowest BCUT2D eigenvalue weighted by Gasteiger charge is -2.02. The Bertz CT molecular complexity index is 500. The van der Waals surface area contributed by atoms with Gasteiger partial charge in [-0.1, -0.05) is 15.9 Å². The van der Waals surface area contributed by atoms with Crippen LogP contribution in [0.25, 0.3) is 11.5 Å². The standard InChI is InChI=1S/C13H13BrN2O/c14-11-3-1-9(2-4-11)13-16-8-12(17-13)10-5-6-15-7-10/h1-4,8,10,15H,5-7H2. The first-order chi connectivity index (χ1) is 8.33. The summed E-state index contributed by atoms with van der Waals surface area (Å²) in [6, 6.07) is 8.01. The van der Waals surface area contributed by atoms with Crippen LogP contribution in [-0.2, 0) is 0 Å². The second kappa shape index (κ2) is 4.63. The zero-order valence-corrected chi connectivity index (χ0v) is 10.9. The number of aromatic nitrogens is 1. The molecule has 1 unspecified atom stereocenters. The first kappa shape index (κ1) is 11.0. The summed E-state index contributed by atoms with van der Waals surface area (Å²) in [7, 11) is 0. The van der Waals surface area contributed by atoms with Crippen LogP contribution in [0.15, 0.2) is 39.4 Å². The molecule has 1 atom stereocenters. The average Bonchev–Trinajstić information content (AvgIpc) is 3.00. The molecule has 0 amide bonds. The molecule has 2 heterocycles. The van der Waals surface area contributed by atoms with E-state index in [1.165, 1.54) is 0 Å². The minimum Gasteiger partial charge on any atom is -0.441 e. The molecular weight excluding hydrogens is 280 g/mol. The van der Waals surface area contributed by atoms with E-state index >= 15 is 0 Å². The second-order valence-corrected chi connectivity index (χ2v) is 5.18. The van der Waals surface area contributed by atoms with Crippen molar-refractivity contribution in [1.82, 2.24) is 10.3 Å². The Morgan fingerprint density at radius 2 is 2.12 bits per heavy atom. The van der Waals surface area contributed by atoms with Gasteiger partial charge in [0.2, 0.25) is 5.89 Å². The van der Waals surface area contributed by atoms with Crippen molar-refractivity contribution in [3.05, 3.63) is 40.7 Å². The van der Waals surface area contributed by atoms with Crippen LogP contribution in [-0.4, -0.2) is 18.1 Å². The molecular formula is C13H13BrN2O. The molecule has 1 fully saturated rings. The van der Waals surface area contributed by atoms with Crippen molar-refractivity contribution in [1.29, 1.82) is 0 Å². The molecule has 0 aliphatic carbocycles. The van der Waals surface area contributed by atoms with Gasteiger partial charge in [-0.15, -0.1) is 0 Å². The van der Waals surface area contributed by atoms with Crippen molar-refractivity contribution < 1.29 is 4.42 Å². The van der Waals surface area contributed by atoms with E-state index < -0.39 is 0 Å². The number of oxazole rings is 1. The Hall–Kier alpha value is -1.13. The van der Waals surface area contributed by atoms with Crippen LogP contribution in [0.5, 0.6) is 0 Å². The zero-order chi connectivity index (χ0) is 11.7. The monoisotopic (exact) mass is 292 g/mol. The molecule has 1 aromatic carbocycles. The average molecular weight is 293 g/mol. The van der Waals surface area contributed by atoms with E-state index in [9.17, 15) is 0 Å². The number of nitrogens with one attached hydrogen (secondary N) is 1. The van der Waals surface area contributed by atoms with Gasteiger partial charge in [-0.25, -0.2) is 4.98 Å². The number of hydrogen-bond acceptors (Lipinski definition) is 3. The summed E-state index contributed by atoms with van der Waals surface area (Å²) in [6.45, 7) is 2.06. The van der Waals surface area contributed by atoms with Gasteiger partial charge in [-0.05, 0) is 37.2 Å². The van der Waals surface area contributed by atoms with E-state index in [2.05, 4.69) is 26.2 Å². The summed E-state index contributed by atoms with van der Waals surface area (Å²) < 4.78 is 6.89. The van der Waals surface area contributed by atoms with Gasteiger partial charge in [0.15, 0.2) is 0 Å². The second-order valence-electron chi connectivity index (χ2n) is 4.26. The molecule has 88 valence electrons. The SMILES string of the molecule is Brc1ccc(-c2ncc(C3CCNC3)o2)cc1. The predicted molar refractivity (Wildman–Crippen MR) is 69.9 cm³/mol. The highest BCUT2D eigenvalue weighted by molar-refractivity contribution is 9.10. The largest absolute Gasteiger partial charge is 0.441 e. The molecule has 1 aliphatic heterocycles. The summed E-state index contributed by atoms with van der Waals surface area (Å²) in [5.74, 6) is 2.18. The van der Waals surface area contributed by atoms with Gasteiger partial charge in [0.25, 0.3) is 0 Å². The van der Waals surface area contributed by atoms with Gasteiger partial charge >= 0.3 is 0 Å². The molecule has 0 bridgehead atoms. The molecule has 2 aromatic rings. The molecule has 1 saturated heterocycles. The Morgan fingerprint density at radius 3 is 2.82 bits per heavy atom. The molecule has 1 N–H and O–H groups in total. The molecule has 0 radical (unpaired) electrons. The summed E-state index contributed by atoms with van der Waals surface area (Å²) in [4.78, 5) is 4.35. The topological polar surface area (TPSA) is 38.1 Å². The normalized spacial score (nSPS) is 19.7. The molecule has 1 aliphatic rings. The van der Waals surface area contributed by atoms with Gasteiger partial charge < -0.3 is 9.73 Å². The van der Waals surface area contributed by atoms with Crippen molar-refractivity contribution in [2.75, 3.05) is 13.1 Å². The smallest absolute Gasteiger partial charge is 0.226 e. The number of halogens is 1. The minimum atomic E-state index is 0.478. The van der Waals surface area contributed by atoms with Crippen LogP contribution >= 0.6 is 15.9 Å². The van der Waals surface area contributed by atoms with Gasteiger partial charge in [0.1, 0.15) is 5.76 Å². The molecule has 1 aromatic heterocycles. The molecule has 3 rings (SSSR count). The van der Waals surface area contributed by atoms with Gasteiger partial charge in [-0.3, -0.25) is 0 Å². The van der Waals surface area contributed by atoms with E-state index in [-0.39, 0.29) is 0 Å². The summed E-state index contributed by atoms with van der Waals surface area (Å²) in [5, 5.41) is 3.33. The molecule has 4 heteroatoms. The molecule has 0 spiro atoms. The zero-order valence-electron chi connectivity index (χ0n) is 9.32. The van der Waals surface area contributed by atoms with Crippen molar-refractivity contribution in [2.24, 2.45) is 0 Å². The van der Waals surface area contributed by atoms with Crippen LogP contribution < -0.4 is 5.32 Å². The lowest BCUT2D eigenvalue weighted by molar-refractivity contribution is 0.481. The van der Waals surface area contributed by atoms with E-state index in [1.807, 2.05) is 30.5 Å². The number of rotatable bonds is 2. The van der Waals surface area contributed by atoms with Crippen molar-refractivity contribution in [3.63, 3.8) is 0 Å². The fourth-order valence-electron chi connectivity index (χ4n) is 2.10. The number of hydrogen-bond donors (Lipinski definition) is 1. The highest BCUT2D eigenvalue weighted by atomic mass is 79.9. The Morgan fingerprint density at radius 1 is 1.29 bits per heavy atom. The fraction of sp³-hybridized carbons (Fsp3) is 0.308. The summed E-state index contributed by atoms with van der Waals surface area (Å²) in [6.07, 6.45) is 2.99. The van der Waals surface area contributed by atoms with E-state index in [0.717, 1.165) is 35.3 Å². The molecule has 3 nitrogen and oxygen atoms in total. The van der Waals surface area contributed by atoms with E-state index in [0.29, 0.717) is 11.8 Å². The van der Waals surface area contributed by atoms with E-state index in [1.54, 1.807) is 0 Å². The lowest BCUT2D eigenvalue weighted by atomic mass is 10.1. The maximum Gasteiger partial charge on any atom is 0.226 e. The molecule has 17 heavy (non-hydrogen) atoms. The fourth-order valence-corrected chi connectivity index (χ4v) is 2.36. The van der Waals surface area contributed by atoms with Crippen LogP contribution in [0.4, 0.5) is 0 Å². The number of nitrogens with zero attached hydrogens (tertiary/aromatic N) is 1. The van der Waals surface area contributed by atoms with Crippen molar-refractivity contribution in [2.45, 2.75) is 12.3 Å². The highest BCUT2D eigenvalue weighted by Crippen LogP contribution is 2.27. The van der Waals surface area contributed by atoms with Crippen LogP contribution in [0.1, 0.15) is 18.1 Å². The van der Waals surface area contributed by atoms with Gasteiger partial charge in [0.05, 0.1) is 6.20 Å². The van der Waals surface area contributed by atoms with Crippen LogP contribution in [0.3, 0.4) is 0 Å². The number of benzene rings is 1. The third-order valence-electron chi connectivity index (χ3n) is 3.08. The summed E-state index contributed by atoms with van der Waals surface area (Å²) in [5.41, 5.74) is 1.02.